The van der Waals surface area contributed by atoms with Crippen molar-refractivity contribution in [2.24, 2.45) is 0 Å². The van der Waals surface area contributed by atoms with E-state index in [9.17, 15) is 4.79 Å². The van der Waals surface area contributed by atoms with Gasteiger partial charge >= 0.3 is 0 Å². The van der Waals surface area contributed by atoms with E-state index in [4.69, 9.17) is 11.6 Å². The number of halogens is 1. The Labute approximate surface area is 85.7 Å². The van der Waals surface area contributed by atoms with E-state index >= 15 is 0 Å². The third kappa shape index (κ3) is 1.42. The third-order valence-corrected chi connectivity index (χ3v) is 2.21. The average molecular weight is 207 g/mol. The highest BCUT2D eigenvalue weighted by atomic mass is 35.5. The molecule has 3 nitrogen and oxygen atoms in total. The number of aromatic nitrogens is 2. The second kappa shape index (κ2) is 3.64. The molecule has 0 fully saturated rings. The number of rotatable bonds is 2. The van der Waals surface area contributed by atoms with Gasteiger partial charge < -0.3 is 0 Å². The smallest absolute Gasteiger partial charge is 0.155 e. The van der Waals surface area contributed by atoms with Crippen molar-refractivity contribution in [3.05, 3.63) is 41.0 Å². The predicted molar refractivity (Wildman–Crippen MR) is 54.4 cm³/mol. The molecule has 0 radical (unpaired) electrons. The second-order valence-corrected chi connectivity index (χ2v) is 3.16. The number of carbonyl (C=O) groups is 1. The highest BCUT2D eigenvalue weighted by Crippen LogP contribution is 2.24. The minimum absolute atomic E-state index is 0.277. The molecule has 1 heterocycles. The summed E-state index contributed by atoms with van der Waals surface area (Å²) in [5, 5.41) is 6.82. The molecule has 0 saturated carbocycles. The van der Waals surface area contributed by atoms with Gasteiger partial charge in [-0.2, -0.15) is 5.10 Å². The molecule has 70 valence electrons. The van der Waals surface area contributed by atoms with Gasteiger partial charge in [-0.15, -0.1) is 0 Å². The fourth-order valence-corrected chi connectivity index (χ4v) is 1.43. The van der Waals surface area contributed by atoms with Gasteiger partial charge in [-0.25, -0.2) is 0 Å². The van der Waals surface area contributed by atoms with Crippen LogP contribution in [0.15, 0.2) is 30.3 Å². The van der Waals surface area contributed by atoms with Crippen LogP contribution >= 0.6 is 11.6 Å². The molecular formula is C10H7ClN2O. The highest BCUT2D eigenvalue weighted by molar-refractivity contribution is 6.32. The monoisotopic (exact) mass is 206 g/mol. The lowest BCUT2D eigenvalue weighted by Crippen LogP contribution is -1.83. The summed E-state index contributed by atoms with van der Waals surface area (Å²) >= 11 is 5.75. The molecule has 0 amide bonds. The zero-order chi connectivity index (χ0) is 9.97. The van der Waals surface area contributed by atoms with Crippen LogP contribution in [-0.2, 0) is 0 Å². The molecule has 4 heteroatoms. The standard InChI is InChI=1S/C10H7ClN2O/c11-10-8(6-14)9(12-13-10)7-4-2-1-3-5-7/h1-6H,(H,12,13). The topological polar surface area (TPSA) is 45.8 Å². The maximum atomic E-state index is 10.7. The van der Waals surface area contributed by atoms with Crippen LogP contribution in [-0.4, -0.2) is 16.5 Å². The lowest BCUT2D eigenvalue weighted by molar-refractivity contribution is 0.112. The molecule has 1 aromatic carbocycles. The molecule has 1 N–H and O–H groups in total. The van der Waals surface area contributed by atoms with Crippen LogP contribution < -0.4 is 0 Å². The van der Waals surface area contributed by atoms with E-state index in [0.29, 0.717) is 17.5 Å². The summed E-state index contributed by atoms with van der Waals surface area (Å²) in [6.45, 7) is 0. The molecular weight excluding hydrogens is 200 g/mol. The van der Waals surface area contributed by atoms with Crippen molar-refractivity contribution >= 4 is 17.9 Å². The summed E-state index contributed by atoms with van der Waals surface area (Å²) < 4.78 is 0. The molecule has 0 bridgehead atoms. The molecule has 0 aliphatic heterocycles. The van der Waals surface area contributed by atoms with Crippen LogP contribution in [0.2, 0.25) is 5.15 Å². The summed E-state index contributed by atoms with van der Waals surface area (Å²) in [5.41, 5.74) is 1.86. The first-order valence-electron chi connectivity index (χ1n) is 4.07. The fourth-order valence-electron chi connectivity index (χ4n) is 1.25. The van der Waals surface area contributed by atoms with Crippen LogP contribution in [0.4, 0.5) is 0 Å². The van der Waals surface area contributed by atoms with Gasteiger partial charge in [-0.3, -0.25) is 9.89 Å². The van der Waals surface area contributed by atoms with Crippen LogP contribution in [0.25, 0.3) is 11.3 Å². The zero-order valence-electron chi connectivity index (χ0n) is 7.20. The average Bonchev–Trinajstić information content (AvgIpc) is 2.61. The molecule has 0 saturated heterocycles. The molecule has 0 aliphatic carbocycles. The van der Waals surface area contributed by atoms with E-state index in [1.54, 1.807) is 0 Å². The number of H-pyrrole nitrogens is 1. The van der Waals surface area contributed by atoms with Crippen LogP contribution in [0, 0.1) is 0 Å². The minimum Gasteiger partial charge on any atom is -0.298 e. The van der Waals surface area contributed by atoms with Crippen molar-refractivity contribution in [3.8, 4) is 11.3 Å². The first-order chi connectivity index (χ1) is 6.83. The lowest BCUT2D eigenvalue weighted by atomic mass is 10.1. The maximum Gasteiger partial charge on any atom is 0.155 e. The van der Waals surface area contributed by atoms with Gasteiger partial charge in [-0.05, 0) is 0 Å². The van der Waals surface area contributed by atoms with Crippen molar-refractivity contribution in [2.75, 3.05) is 0 Å². The molecule has 14 heavy (non-hydrogen) atoms. The number of aldehydes is 1. The zero-order valence-corrected chi connectivity index (χ0v) is 7.95. The van der Waals surface area contributed by atoms with Crippen molar-refractivity contribution in [2.45, 2.75) is 0 Å². The van der Waals surface area contributed by atoms with Crippen LogP contribution in [0.1, 0.15) is 10.4 Å². The summed E-state index contributed by atoms with van der Waals surface area (Å²) in [7, 11) is 0. The number of hydrogen-bond acceptors (Lipinski definition) is 2. The number of nitrogens with one attached hydrogen (secondary N) is 1. The Balaban J connectivity index is 2.57. The normalized spacial score (nSPS) is 10.1. The molecule has 2 rings (SSSR count). The van der Waals surface area contributed by atoms with Gasteiger partial charge in [0.05, 0.1) is 5.56 Å². The Kier molecular flexibility index (Phi) is 2.33. The van der Waals surface area contributed by atoms with E-state index < -0.39 is 0 Å². The van der Waals surface area contributed by atoms with Gasteiger partial charge in [0.15, 0.2) is 6.29 Å². The molecule has 2 aromatic rings. The van der Waals surface area contributed by atoms with E-state index in [1.165, 1.54) is 0 Å². The van der Waals surface area contributed by atoms with Crippen molar-refractivity contribution in [3.63, 3.8) is 0 Å². The number of benzene rings is 1. The summed E-state index contributed by atoms with van der Waals surface area (Å²) in [6, 6.07) is 9.41. The van der Waals surface area contributed by atoms with E-state index in [2.05, 4.69) is 10.2 Å². The fraction of sp³-hybridized carbons (Fsp3) is 0. The largest absolute Gasteiger partial charge is 0.298 e. The number of aromatic amines is 1. The van der Waals surface area contributed by atoms with Crippen molar-refractivity contribution < 1.29 is 4.79 Å². The van der Waals surface area contributed by atoms with E-state index in [0.717, 1.165) is 5.56 Å². The lowest BCUT2D eigenvalue weighted by Gasteiger charge is -1.95. The first kappa shape index (κ1) is 8.97. The molecule has 0 unspecified atom stereocenters. The number of hydrogen-bond donors (Lipinski definition) is 1. The highest BCUT2D eigenvalue weighted by Gasteiger charge is 2.11. The van der Waals surface area contributed by atoms with E-state index in [1.807, 2.05) is 30.3 Å². The van der Waals surface area contributed by atoms with E-state index in [-0.39, 0.29) is 5.15 Å². The van der Waals surface area contributed by atoms with Gasteiger partial charge in [0.25, 0.3) is 0 Å². The maximum absolute atomic E-state index is 10.7. The van der Waals surface area contributed by atoms with Crippen LogP contribution in [0.3, 0.4) is 0 Å². The van der Waals surface area contributed by atoms with Crippen molar-refractivity contribution in [1.29, 1.82) is 0 Å². The van der Waals surface area contributed by atoms with Gasteiger partial charge in [0, 0.05) is 5.56 Å². The Morgan fingerprint density at radius 3 is 2.64 bits per heavy atom. The minimum atomic E-state index is 0.277. The number of nitrogens with zero attached hydrogens (tertiary/aromatic N) is 1. The molecule has 0 spiro atoms. The molecule has 0 aliphatic rings. The Morgan fingerprint density at radius 2 is 2.00 bits per heavy atom. The van der Waals surface area contributed by atoms with Gasteiger partial charge in [0.1, 0.15) is 10.8 Å². The van der Waals surface area contributed by atoms with Crippen molar-refractivity contribution in [1.82, 2.24) is 10.2 Å². The summed E-state index contributed by atoms with van der Waals surface area (Å²) in [6.07, 6.45) is 0.703. The molecule has 1 aromatic heterocycles. The Morgan fingerprint density at radius 1 is 1.29 bits per heavy atom. The Bertz CT molecular complexity index is 450. The first-order valence-corrected chi connectivity index (χ1v) is 4.45. The summed E-state index contributed by atoms with van der Waals surface area (Å²) in [4.78, 5) is 10.7. The summed E-state index contributed by atoms with van der Waals surface area (Å²) in [5.74, 6) is 0. The van der Waals surface area contributed by atoms with Gasteiger partial charge in [-0.1, -0.05) is 41.9 Å². The number of carbonyl (C=O) groups excluding carboxylic acids is 1. The SMILES string of the molecule is O=Cc1c(-c2ccccc2)n[nH]c1Cl. The molecule has 0 atom stereocenters. The third-order valence-electron chi connectivity index (χ3n) is 1.92. The Hall–Kier alpha value is -1.61. The predicted octanol–water partition coefficient (Wildman–Crippen LogP) is 2.54. The van der Waals surface area contributed by atoms with Gasteiger partial charge in [0.2, 0.25) is 0 Å². The van der Waals surface area contributed by atoms with Crippen LogP contribution in [0.5, 0.6) is 0 Å². The second-order valence-electron chi connectivity index (χ2n) is 2.78. The quantitative estimate of drug-likeness (QED) is 0.768.